The maximum absolute atomic E-state index is 11.1. The summed E-state index contributed by atoms with van der Waals surface area (Å²) >= 11 is 0. The number of aromatic nitrogens is 4. The quantitative estimate of drug-likeness (QED) is 0.589. The third-order valence-corrected chi connectivity index (χ3v) is 1.77. The number of carbonyl (C=O) groups excluding carboxylic acids is 1. The predicted octanol–water partition coefficient (Wildman–Crippen LogP) is -0.229. The molecule has 1 amide bonds. The smallest absolute Gasteiger partial charge is 0.306 e. The van der Waals surface area contributed by atoms with Gasteiger partial charge in [-0.25, -0.2) is 4.79 Å². The number of anilines is 1. The second-order valence-electron chi connectivity index (χ2n) is 2.74. The predicted molar refractivity (Wildman–Crippen MR) is 53.3 cm³/mol. The van der Waals surface area contributed by atoms with Crippen molar-refractivity contribution in [2.24, 2.45) is 0 Å². The molecule has 3 N–H and O–H groups in total. The lowest BCUT2D eigenvalue weighted by Gasteiger charge is -2.00. The van der Waals surface area contributed by atoms with Crippen LogP contribution in [0, 0.1) is 0 Å². The van der Waals surface area contributed by atoms with Crippen LogP contribution in [0.2, 0.25) is 0 Å². The Morgan fingerprint density at radius 2 is 2.40 bits per heavy atom. The van der Waals surface area contributed by atoms with E-state index in [1.54, 1.807) is 0 Å². The number of nitrogens with zero attached hydrogens (tertiary/aromatic N) is 2. The maximum atomic E-state index is 11.1. The number of nitrogens with one attached hydrogen (secondary N) is 3. The fourth-order valence-corrected chi connectivity index (χ4v) is 1.12. The van der Waals surface area contributed by atoms with Crippen molar-refractivity contribution in [1.82, 2.24) is 20.2 Å². The van der Waals surface area contributed by atoms with Gasteiger partial charge < -0.3 is 5.32 Å². The molecule has 0 saturated heterocycles. The van der Waals surface area contributed by atoms with E-state index in [0.29, 0.717) is 11.0 Å². The summed E-state index contributed by atoms with van der Waals surface area (Å²) in [6.45, 7) is 3.30. The van der Waals surface area contributed by atoms with Gasteiger partial charge in [0.2, 0.25) is 5.91 Å². The first-order valence-corrected chi connectivity index (χ1v) is 4.07. The van der Waals surface area contributed by atoms with Crippen molar-refractivity contribution >= 4 is 22.8 Å². The SMILES string of the molecule is C=CC(=O)Nc1nc(=O)[nH]c2[nH]ncc12. The van der Waals surface area contributed by atoms with E-state index in [9.17, 15) is 9.59 Å². The van der Waals surface area contributed by atoms with Crippen LogP contribution in [0.1, 0.15) is 0 Å². The topological polar surface area (TPSA) is 104 Å². The van der Waals surface area contributed by atoms with Gasteiger partial charge in [0.25, 0.3) is 0 Å². The highest BCUT2D eigenvalue weighted by molar-refractivity contribution is 6.03. The van der Waals surface area contributed by atoms with Crippen molar-refractivity contribution in [2.45, 2.75) is 0 Å². The standard InChI is InChI=1S/C8H7N5O2/c1-2-5(14)10-6-4-3-9-13-7(4)12-8(15)11-6/h2-3H,1H2,(H3,9,10,11,12,13,14,15). The summed E-state index contributed by atoms with van der Waals surface area (Å²) in [6, 6.07) is 0. The molecule has 0 bridgehead atoms. The monoisotopic (exact) mass is 205 g/mol. The van der Waals surface area contributed by atoms with Crippen LogP contribution in [0.15, 0.2) is 23.6 Å². The van der Waals surface area contributed by atoms with Gasteiger partial charge in [-0.1, -0.05) is 6.58 Å². The lowest BCUT2D eigenvalue weighted by molar-refractivity contribution is -0.111. The highest BCUT2D eigenvalue weighted by Gasteiger charge is 2.07. The Balaban J connectivity index is 2.58. The summed E-state index contributed by atoms with van der Waals surface area (Å²) in [4.78, 5) is 28.2. The molecule has 0 fully saturated rings. The zero-order chi connectivity index (χ0) is 10.8. The zero-order valence-electron chi connectivity index (χ0n) is 7.57. The van der Waals surface area contributed by atoms with Gasteiger partial charge in [-0.15, -0.1) is 0 Å². The van der Waals surface area contributed by atoms with E-state index >= 15 is 0 Å². The van der Waals surface area contributed by atoms with Gasteiger partial charge in [0.15, 0.2) is 5.82 Å². The molecule has 7 nitrogen and oxygen atoms in total. The van der Waals surface area contributed by atoms with Gasteiger partial charge in [0, 0.05) is 0 Å². The van der Waals surface area contributed by atoms with E-state index in [1.807, 2.05) is 0 Å². The van der Waals surface area contributed by atoms with Crippen molar-refractivity contribution in [3.05, 3.63) is 29.3 Å². The number of aromatic amines is 2. The molecule has 15 heavy (non-hydrogen) atoms. The Kier molecular flexibility index (Phi) is 2.05. The molecule has 0 unspecified atom stereocenters. The fourth-order valence-electron chi connectivity index (χ4n) is 1.12. The lowest BCUT2D eigenvalue weighted by Crippen LogP contribution is -2.16. The number of hydrogen-bond acceptors (Lipinski definition) is 4. The maximum Gasteiger partial charge on any atom is 0.348 e. The molecule has 2 aromatic heterocycles. The first-order valence-electron chi connectivity index (χ1n) is 4.07. The minimum absolute atomic E-state index is 0.160. The lowest BCUT2D eigenvalue weighted by atomic mass is 10.4. The number of amides is 1. The minimum atomic E-state index is -0.564. The average molecular weight is 205 g/mol. The summed E-state index contributed by atoms with van der Waals surface area (Å²) in [5.74, 6) is -0.275. The second-order valence-corrected chi connectivity index (χ2v) is 2.74. The van der Waals surface area contributed by atoms with Crippen LogP contribution in [0.25, 0.3) is 11.0 Å². The van der Waals surface area contributed by atoms with Crippen LogP contribution >= 0.6 is 0 Å². The normalized spacial score (nSPS) is 10.1. The number of H-pyrrole nitrogens is 2. The molecule has 0 atom stereocenters. The molecule has 2 aromatic rings. The Hall–Kier alpha value is -2.44. The molecule has 0 spiro atoms. The fraction of sp³-hybridized carbons (Fsp3) is 0. The molecule has 0 radical (unpaired) electrons. The molecule has 0 aliphatic rings. The second kappa shape index (κ2) is 3.37. The molecule has 0 aliphatic heterocycles. The molecule has 0 saturated carbocycles. The highest BCUT2D eigenvalue weighted by atomic mass is 16.2. The van der Waals surface area contributed by atoms with E-state index in [4.69, 9.17) is 0 Å². The molecule has 0 aromatic carbocycles. The van der Waals surface area contributed by atoms with Gasteiger partial charge >= 0.3 is 5.69 Å². The van der Waals surface area contributed by atoms with Crippen molar-refractivity contribution < 1.29 is 4.79 Å². The van der Waals surface area contributed by atoms with Crippen molar-refractivity contribution in [3.8, 4) is 0 Å². The van der Waals surface area contributed by atoms with Gasteiger partial charge in [0.1, 0.15) is 5.65 Å². The van der Waals surface area contributed by atoms with Gasteiger partial charge in [0.05, 0.1) is 11.6 Å². The Labute approximate surface area is 83.2 Å². The van der Waals surface area contributed by atoms with Crippen LogP contribution in [0.5, 0.6) is 0 Å². The van der Waals surface area contributed by atoms with E-state index in [1.165, 1.54) is 6.20 Å². The third kappa shape index (κ3) is 1.62. The van der Waals surface area contributed by atoms with Crippen molar-refractivity contribution in [3.63, 3.8) is 0 Å². The van der Waals surface area contributed by atoms with Crippen LogP contribution in [-0.2, 0) is 4.79 Å². The minimum Gasteiger partial charge on any atom is -0.306 e. The van der Waals surface area contributed by atoms with Crippen LogP contribution < -0.4 is 11.0 Å². The van der Waals surface area contributed by atoms with Crippen molar-refractivity contribution in [2.75, 3.05) is 5.32 Å². The van der Waals surface area contributed by atoms with Crippen LogP contribution in [0.3, 0.4) is 0 Å². The molecule has 2 rings (SSSR count). The summed E-state index contributed by atoms with van der Waals surface area (Å²) in [5, 5.41) is 9.24. The Morgan fingerprint density at radius 1 is 1.60 bits per heavy atom. The summed E-state index contributed by atoms with van der Waals surface area (Å²) in [6.07, 6.45) is 2.55. The highest BCUT2D eigenvalue weighted by Crippen LogP contribution is 2.14. The van der Waals surface area contributed by atoms with Crippen LogP contribution in [-0.4, -0.2) is 26.1 Å². The Morgan fingerprint density at radius 3 is 3.13 bits per heavy atom. The summed E-state index contributed by atoms with van der Waals surface area (Å²) in [5.41, 5.74) is -0.152. The van der Waals surface area contributed by atoms with E-state index in [-0.39, 0.29) is 5.82 Å². The van der Waals surface area contributed by atoms with Crippen molar-refractivity contribution in [1.29, 1.82) is 0 Å². The number of hydrogen-bond donors (Lipinski definition) is 3. The van der Waals surface area contributed by atoms with E-state index in [2.05, 4.69) is 32.1 Å². The number of fused-ring (bicyclic) bond motifs is 1. The van der Waals surface area contributed by atoms with Gasteiger partial charge in [-0.3, -0.25) is 14.9 Å². The van der Waals surface area contributed by atoms with Gasteiger partial charge in [-0.05, 0) is 6.08 Å². The first-order chi connectivity index (χ1) is 7.20. The van der Waals surface area contributed by atoms with Gasteiger partial charge in [-0.2, -0.15) is 10.1 Å². The zero-order valence-corrected chi connectivity index (χ0v) is 7.57. The van der Waals surface area contributed by atoms with Crippen LogP contribution in [0.4, 0.5) is 5.82 Å². The molecule has 7 heteroatoms. The summed E-state index contributed by atoms with van der Waals surface area (Å²) in [7, 11) is 0. The first kappa shape index (κ1) is 9.13. The number of rotatable bonds is 2. The summed E-state index contributed by atoms with van der Waals surface area (Å²) < 4.78 is 0. The Bertz CT molecular complexity index is 582. The molecule has 76 valence electrons. The number of carbonyl (C=O) groups is 1. The van der Waals surface area contributed by atoms with E-state index < -0.39 is 11.6 Å². The third-order valence-electron chi connectivity index (χ3n) is 1.77. The molecular weight excluding hydrogens is 198 g/mol. The molecular formula is C8H7N5O2. The largest absolute Gasteiger partial charge is 0.348 e. The average Bonchev–Trinajstić information content (AvgIpc) is 2.65. The molecule has 0 aliphatic carbocycles. The molecule has 2 heterocycles. The van der Waals surface area contributed by atoms with E-state index in [0.717, 1.165) is 6.08 Å².